The molecule has 0 bridgehead atoms. The molecule has 284 valence electrons. The van der Waals surface area contributed by atoms with Gasteiger partial charge in [-0.25, -0.2) is 0 Å². The van der Waals surface area contributed by atoms with Crippen molar-refractivity contribution in [3.8, 4) is 0 Å². The summed E-state index contributed by atoms with van der Waals surface area (Å²) in [7, 11) is 0. The fourth-order valence-corrected chi connectivity index (χ4v) is 10.3. The first-order chi connectivity index (χ1) is 23.3. The molecule has 0 aromatic heterocycles. The Kier molecular flexibility index (Phi) is 9.80. The van der Waals surface area contributed by atoms with Gasteiger partial charge in [0.15, 0.2) is 11.5 Å². The lowest BCUT2D eigenvalue weighted by molar-refractivity contribution is -0.291. The van der Waals surface area contributed by atoms with E-state index < -0.39 is 112 Å². The number of hydrogen-bond acceptors (Lipinski definition) is 13. The van der Waals surface area contributed by atoms with E-state index in [1.54, 1.807) is 33.8 Å². The zero-order valence-corrected chi connectivity index (χ0v) is 30.9. The van der Waals surface area contributed by atoms with Gasteiger partial charge in [-0.1, -0.05) is 32.4 Å². The molecule has 4 aliphatic carbocycles. The zero-order chi connectivity index (χ0) is 38.4. The quantitative estimate of drug-likeness (QED) is 0.119. The maximum Gasteiger partial charge on any atom is 0.303 e. The number of Topliss-reactive ketones (excluding diaryl/α,β-unsaturated/α-hetero) is 2. The molecule has 1 aliphatic heterocycles. The van der Waals surface area contributed by atoms with Crippen LogP contribution in [0.1, 0.15) is 81.6 Å². The summed E-state index contributed by atoms with van der Waals surface area (Å²) >= 11 is 0. The highest BCUT2D eigenvalue weighted by atomic mass is 16.7. The van der Waals surface area contributed by atoms with Crippen LogP contribution in [-0.2, 0) is 33.4 Å². The molecule has 13 atom stereocenters. The number of carbonyl (C=O) groups excluding carboxylic acids is 4. The summed E-state index contributed by atoms with van der Waals surface area (Å²) in [6.45, 7) is 14.2. The van der Waals surface area contributed by atoms with Gasteiger partial charge < -0.3 is 44.8 Å². The summed E-state index contributed by atoms with van der Waals surface area (Å²) < 4.78 is 16.7. The molecule has 0 amide bonds. The van der Waals surface area contributed by atoms with E-state index in [9.17, 15) is 49.8 Å². The van der Waals surface area contributed by atoms with Crippen LogP contribution >= 0.6 is 0 Å². The van der Waals surface area contributed by atoms with E-state index in [1.165, 1.54) is 19.9 Å². The maximum atomic E-state index is 14.8. The monoisotopic (exact) mass is 718 g/mol. The van der Waals surface area contributed by atoms with E-state index >= 15 is 0 Å². The third-order valence-electron chi connectivity index (χ3n) is 13.3. The first-order valence-corrected chi connectivity index (χ1v) is 17.6. The first-order valence-electron chi connectivity index (χ1n) is 17.6. The predicted molar refractivity (Wildman–Crippen MR) is 180 cm³/mol. The Morgan fingerprint density at radius 2 is 1.63 bits per heavy atom. The van der Waals surface area contributed by atoms with Gasteiger partial charge in [-0.05, 0) is 82.4 Å². The average molecular weight is 719 g/mol. The van der Waals surface area contributed by atoms with Gasteiger partial charge in [0.1, 0.15) is 41.4 Å². The number of ketones is 3. The molecule has 3 fully saturated rings. The summed E-state index contributed by atoms with van der Waals surface area (Å²) in [6.07, 6.45) is -2.57. The van der Waals surface area contributed by atoms with Crippen LogP contribution in [0.5, 0.6) is 0 Å². The summed E-state index contributed by atoms with van der Waals surface area (Å²) in [6, 6.07) is 0. The lowest BCUT2D eigenvalue weighted by Crippen LogP contribution is -2.64. The lowest BCUT2D eigenvalue weighted by Gasteiger charge is -2.63. The normalized spacial score (nSPS) is 43.3. The number of allylic oxidation sites excluding steroid dienone is 4. The van der Waals surface area contributed by atoms with Gasteiger partial charge in [0.2, 0.25) is 12.1 Å². The summed E-state index contributed by atoms with van der Waals surface area (Å²) in [4.78, 5) is 53.9. The molecular weight excluding hydrogens is 664 g/mol. The van der Waals surface area contributed by atoms with Crippen molar-refractivity contribution in [1.82, 2.24) is 0 Å². The van der Waals surface area contributed by atoms with E-state index in [0.717, 1.165) is 6.08 Å². The minimum absolute atomic E-state index is 0.0841. The van der Waals surface area contributed by atoms with E-state index in [-0.39, 0.29) is 24.4 Å². The van der Waals surface area contributed by atoms with Gasteiger partial charge in [-0.3, -0.25) is 19.2 Å². The fraction of sp³-hybridized carbons (Fsp3) is 0.737. The molecule has 2 unspecified atom stereocenters. The molecule has 0 aromatic rings. The molecular formula is C38H54O13. The average Bonchev–Trinajstić information content (AvgIpc) is 3.22. The number of rotatable bonds is 8. The van der Waals surface area contributed by atoms with Crippen molar-refractivity contribution in [2.45, 2.75) is 130 Å². The topological polar surface area (TPSA) is 217 Å². The van der Waals surface area contributed by atoms with Gasteiger partial charge in [0.25, 0.3) is 0 Å². The van der Waals surface area contributed by atoms with Crippen LogP contribution in [0.4, 0.5) is 0 Å². The number of carbonyl (C=O) groups is 4. The largest absolute Gasteiger partial charge is 0.459 e. The molecule has 0 radical (unpaired) electrons. The van der Waals surface area contributed by atoms with Gasteiger partial charge in [0.05, 0.1) is 18.1 Å². The molecule has 1 heterocycles. The zero-order valence-electron chi connectivity index (χ0n) is 30.9. The fourth-order valence-electron chi connectivity index (χ4n) is 10.3. The number of esters is 1. The van der Waals surface area contributed by atoms with Gasteiger partial charge in [-0.15, -0.1) is 0 Å². The van der Waals surface area contributed by atoms with E-state index in [4.69, 9.17) is 14.2 Å². The van der Waals surface area contributed by atoms with Crippen molar-refractivity contribution < 1.29 is 64.0 Å². The van der Waals surface area contributed by atoms with Crippen LogP contribution in [0.2, 0.25) is 0 Å². The number of fused-ring (bicyclic) bond motifs is 5. The maximum absolute atomic E-state index is 14.8. The molecule has 13 nitrogen and oxygen atoms in total. The van der Waals surface area contributed by atoms with Crippen molar-refractivity contribution in [1.29, 1.82) is 0 Å². The molecule has 13 heteroatoms. The van der Waals surface area contributed by atoms with Crippen LogP contribution in [0, 0.1) is 39.4 Å². The molecule has 6 N–H and O–H groups in total. The Labute approximate surface area is 298 Å². The van der Waals surface area contributed by atoms with Crippen molar-refractivity contribution >= 4 is 23.3 Å². The van der Waals surface area contributed by atoms with Gasteiger partial charge in [-0.2, -0.15) is 0 Å². The number of ether oxygens (including phenoxy) is 3. The van der Waals surface area contributed by atoms with Crippen LogP contribution in [0.3, 0.4) is 0 Å². The Bertz CT molecular complexity index is 1570. The Hall–Kier alpha value is -2.78. The molecule has 0 aromatic carbocycles. The third kappa shape index (κ3) is 5.87. The second-order valence-electron chi connectivity index (χ2n) is 17.2. The highest BCUT2D eigenvalue weighted by Gasteiger charge is 2.74. The van der Waals surface area contributed by atoms with E-state index in [1.807, 2.05) is 26.8 Å². The van der Waals surface area contributed by atoms with E-state index in [2.05, 4.69) is 0 Å². The predicted octanol–water partition coefficient (Wildman–Crippen LogP) is 1.45. The second kappa shape index (κ2) is 12.7. The SMILES string of the molecule is CC(=O)OC(C)(C)/C=C/C(=O)C(C)(O)C1[C@H](O)C[C@@]2(C)[C@@H]3CC=C4[C@@H](C=C(O[C@@H]5O[C@H](CO)[C@@H](O)[C@H](O)[C@H]5O)C(=O)C4(C)C)[C@]3(C)C(=O)C[C@]12C. The van der Waals surface area contributed by atoms with Crippen molar-refractivity contribution in [3.05, 3.63) is 35.6 Å². The number of aliphatic hydroxyl groups excluding tert-OH is 5. The van der Waals surface area contributed by atoms with Gasteiger partial charge in [0, 0.05) is 30.6 Å². The highest BCUT2D eigenvalue weighted by molar-refractivity contribution is 6.02. The van der Waals surface area contributed by atoms with Crippen LogP contribution in [-0.4, -0.2) is 109 Å². The standard InChI is InChI=1S/C38H54O13/c1-18(40)51-33(2,3)13-12-25(42)38(9,48)30-21(41)15-35(6)24-11-10-19-20(37(24,8)26(43)16-36(30,35)7)14-22(31(47)34(19,4)5)49-32-29(46)28(45)27(44)23(17-39)50-32/h10,12-14,20-21,23-24,27-30,32,39,41,44-46,48H,11,15-17H2,1-9H3/b13-12+/t20-,21-,23-,24+,27-,28+,29-,30?,32-,35+,36-,37+,38?/m1/s1. The Morgan fingerprint density at radius 3 is 2.22 bits per heavy atom. The highest BCUT2D eigenvalue weighted by Crippen LogP contribution is 2.73. The minimum atomic E-state index is -2.09. The Morgan fingerprint density at radius 1 is 1.00 bits per heavy atom. The summed E-state index contributed by atoms with van der Waals surface area (Å²) in [5.41, 5.74) is -6.62. The van der Waals surface area contributed by atoms with Gasteiger partial charge >= 0.3 is 5.97 Å². The lowest BCUT2D eigenvalue weighted by atomic mass is 9.39. The number of aliphatic hydroxyl groups is 6. The molecule has 1 saturated heterocycles. The molecule has 5 rings (SSSR count). The van der Waals surface area contributed by atoms with Crippen molar-refractivity contribution in [2.75, 3.05) is 6.61 Å². The summed E-state index contributed by atoms with van der Waals surface area (Å²) in [5.74, 6) is -4.17. The van der Waals surface area contributed by atoms with Crippen molar-refractivity contribution in [3.63, 3.8) is 0 Å². The molecule has 0 spiro atoms. The summed E-state index contributed by atoms with van der Waals surface area (Å²) in [5, 5.41) is 64.6. The molecule has 2 saturated carbocycles. The van der Waals surface area contributed by atoms with E-state index in [0.29, 0.717) is 12.0 Å². The van der Waals surface area contributed by atoms with Crippen LogP contribution in [0.25, 0.3) is 0 Å². The molecule has 5 aliphatic rings. The first kappa shape index (κ1) is 39.4. The van der Waals surface area contributed by atoms with Crippen LogP contribution in [0.15, 0.2) is 35.6 Å². The minimum Gasteiger partial charge on any atom is -0.459 e. The smallest absolute Gasteiger partial charge is 0.303 e. The second-order valence-corrected chi connectivity index (χ2v) is 17.2. The van der Waals surface area contributed by atoms with Crippen LogP contribution < -0.4 is 0 Å². The Balaban J connectivity index is 1.52. The molecule has 51 heavy (non-hydrogen) atoms. The number of hydrogen-bond donors (Lipinski definition) is 6. The van der Waals surface area contributed by atoms with Crippen molar-refractivity contribution in [2.24, 2.45) is 39.4 Å². The third-order valence-corrected chi connectivity index (χ3v) is 13.3.